The molecule has 2 atom stereocenters. The van der Waals surface area contributed by atoms with Crippen LogP contribution in [0.25, 0.3) is 21.5 Å². The number of hydrogen-bond donors (Lipinski definition) is 6. The maximum absolute atomic E-state index is 13.1. The summed E-state index contributed by atoms with van der Waals surface area (Å²) >= 11 is 0. The monoisotopic (exact) mass is 897 g/mol. The molecule has 2 amide bonds. The Morgan fingerprint density at radius 3 is 1.79 bits per heavy atom. The Morgan fingerprint density at radius 1 is 0.667 bits per heavy atom. The highest BCUT2D eigenvalue weighted by Gasteiger charge is 2.46. The van der Waals surface area contributed by atoms with Gasteiger partial charge in [-0.15, -0.1) is 0 Å². The molecule has 2 aliphatic rings. The number of hydrogen-bond acceptors (Lipinski definition) is 7. The molecule has 2 aliphatic heterocycles. The number of nitrogens with one attached hydrogen (secondary N) is 2. The molecule has 4 aromatic rings. The summed E-state index contributed by atoms with van der Waals surface area (Å²) in [5.41, 5.74) is 5.91. The van der Waals surface area contributed by atoms with Crippen molar-refractivity contribution >= 4 is 74.3 Å². The number of aliphatic carboxylic acids is 4. The van der Waals surface area contributed by atoms with Crippen LogP contribution in [0.4, 0.5) is 11.4 Å². The van der Waals surface area contributed by atoms with Gasteiger partial charge in [-0.1, -0.05) is 98.3 Å². The van der Waals surface area contributed by atoms with Crippen molar-refractivity contribution < 1.29 is 53.8 Å². The molecular weight excluding hydrogens is 841 g/mol. The summed E-state index contributed by atoms with van der Waals surface area (Å²) in [7, 11) is 0. The van der Waals surface area contributed by atoms with E-state index in [2.05, 4.69) is 72.1 Å². The van der Waals surface area contributed by atoms with Crippen molar-refractivity contribution in [1.29, 1.82) is 0 Å². The van der Waals surface area contributed by atoms with Crippen LogP contribution in [0.1, 0.15) is 84.3 Å². The lowest BCUT2D eigenvalue weighted by molar-refractivity contribution is -0.436. The van der Waals surface area contributed by atoms with Crippen LogP contribution in [0, 0.1) is 0 Å². The lowest BCUT2D eigenvalue weighted by Gasteiger charge is -2.27. The maximum Gasteiger partial charge on any atom is 0.326 e. The van der Waals surface area contributed by atoms with Gasteiger partial charge in [-0.2, -0.15) is 4.58 Å². The molecule has 2 unspecified atom stereocenters. The van der Waals surface area contributed by atoms with E-state index >= 15 is 0 Å². The van der Waals surface area contributed by atoms with E-state index in [-0.39, 0.29) is 51.6 Å². The lowest BCUT2D eigenvalue weighted by atomic mass is 9.79. The molecule has 2 heterocycles. The van der Waals surface area contributed by atoms with Crippen molar-refractivity contribution in [3.8, 4) is 0 Å². The summed E-state index contributed by atoms with van der Waals surface area (Å²) in [6, 6.07) is 21.8. The number of anilines is 1. The molecule has 0 saturated heterocycles. The molecule has 0 bridgehead atoms. The highest BCUT2D eigenvalue weighted by molar-refractivity contribution is 6.08. The number of carbonyl (C=O) groups is 6. The van der Waals surface area contributed by atoms with Gasteiger partial charge in [0.25, 0.3) is 0 Å². The number of carboxylic acid groups (broad SMARTS) is 4. The van der Waals surface area contributed by atoms with E-state index in [1.54, 1.807) is 0 Å². The summed E-state index contributed by atoms with van der Waals surface area (Å²) in [6.07, 6.45) is 10.7. The molecule has 0 radical (unpaired) electrons. The topological polar surface area (TPSA) is 214 Å². The van der Waals surface area contributed by atoms with E-state index in [0.29, 0.717) is 0 Å². The Kier molecular flexibility index (Phi) is 14.7. The summed E-state index contributed by atoms with van der Waals surface area (Å²) in [4.78, 5) is 74.2. The van der Waals surface area contributed by atoms with Gasteiger partial charge >= 0.3 is 23.9 Å². The number of nitrogens with zero attached hydrogens (tertiary/aromatic N) is 2. The van der Waals surface area contributed by atoms with Crippen LogP contribution in [0.5, 0.6) is 0 Å². The molecule has 6 N–H and O–H groups in total. The first-order chi connectivity index (χ1) is 31.3. The number of fused-ring (bicyclic) bond motifs is 6. The van der Waals surface area contributed by atoms with Gasteiger partial charge in [0.2, 0.25) is 17.5 Å². The average Bonchev–Trinajstić information content (AvgIpc) is 3.62. The molecule has 14 nitrogen and oxygen atoms in total. The van der Waals surface area contributed by atoms with Crippen molar-refractivity contribution in [3.63, 3.8) is 0 Å². The second kappa shape index (κ2) is 20.2. The molecule has 344 valence electrons. The average molecular weight is 898 g/mol. The Hall–Kier alpha value is -7.35. The van der Waals surface area contributed by atoms with Gasteiger partial charge in [-0.3, -0.25) is 19.2 Å². The van der Waals surface area contributed by atoms with Gasteiger partial charge in [-0.05, 0) is 78.9 Å². The fourth-order valence-electron chi connectivity index (χ4n) is 9.20. The van der Waals surface area contributed by atoms with E-state index in [1.165, 1.54) is 0 Å². The fourth-order valence-corrected chi connectivity index (χ4v) is 9.20. The summed E-state index contributed by atoms with van der Waals surface area (Å²) in [5.74, 6) is -5.87. The molecule has 0 fully saturated rings. The SMILES string of the molecule is CC(/C=C/C=C1/N(CCC(=O)NC(CCC(=O)O)C(=O)O)c2ccc3ccccc3c2C1(C)C)=C\C=C\C1=[N+](CCC(=O)NC(CCC(=O)O)C(=O)O)c2ccc3ccccc3c2C1(C)C. The first-order valence-electron chi connectivity index (χ1n) is 22.0. The molecule has 0 spiro atoms. The summed E-state index contributed by atoms with van der Waals surface area (Å²) < 4.78 is 2.09. The highest BCUT2D eigenvalue weighted by Crippen LogP contribution is 2.51. The van der Waals surface area contributed by atoms with Gasteiger partial charge in [0.1, 0.15) is 12.1 Å². The van der Waals surface area contributed by atoms with Crippen LogP contribution in [-0.2, 0) is 39.6 Å². The van der Waals surface area contributed by atoms with Crippen LogP contribution in [0.15, 0.2) is 121 Å². The summed E-state index contributed by atoms with van der Waals surface area (Å²) in [6.45, 7) is 11.0. The minimum Gasteiger partial charge on any atom is -0.481 e. The quantitative estimate of drug-likeness (QED) is 0.0373. The molecule has 4 aromatic carbocycles. The van der Waals surface area contributed by atoms with Gasteiger partial charge in [0, 0.05) is 60.3 Å². The molecular formula is C52H57N4O10+. The zero-order chi connectivity index (χ0) is 47.9. The van der Waals surface area contributed by atoms with Crippen molar-refractivity contribution in [3.05, 3.63) is 132 Å². The Labute approximate surface area is 383 Å². The minimum absolute atomic E-state index is 0.0316. The number of allylic oxidation sites excluding steroid dienone is 8. The molecule has 0 saturated carbocycles. The van der Waals surface area contributed by atoms with Crippen molar-refractivity contribution in [1.82, 2.24) is 10.6 Å². The molecule has 0 aliphatic carbocycles. The number of benzene rings is 4. The highest BCUT2D eigenvalue weighted by atomic mass is 16.4. The predicted molar refractivity (Wildman–Crippen MR) is 253 cm³/mol. The number of amides is 2. The van der Waals surface area contributed by atoms with E-state index in [1.807, 2.05) is 91.9 Å². The van der Waals surface area contributed by atoms with Crippen molar-refractivity contribution in [2.45, 2.75) is 96.1 Å². The molecule has 0 aromatic heterocycles. The zero-order valence-electron chi connectivity index (χ0n) is 37.8. The number of carbonyl (C=O) groups excluding carboxylic acids is 2. The Balaban J connectivity index is 1.27. The fraction of sp³-hybridized carbons (Fsp3) is 0.327. The third-order valence-corrected chi connectivity index (χ3v) is 12.4. The minimum atomic E-state index is -1.32. The third-order valence-electron chi connectivity index (χ3n) is 12.4. The predicted octanol–water partition coefficient (Wildman–Crippen LogP) is 7.76. The Bertz CT molecular complexity index is 2760. The van der Waals surface area contributed by atoms with Gasteiger partial charge in [0.15, 0.2) is 12.3 Å². The first-order valence-corrected chi connectivity index (χ1v) is 22.0. The number of carboxylic acids is 4. The van der Waals surface area contributed by atoms with E-state index in [9.17, 15) is 39.0 Å². The van der Waals surface area contributed by atoms with Crippen LogP contribution >= 0.6 is 0 Å². The smallest absolute Gasteiger partial charge is 0.326 e. The first kappa shape index (κ1) is 48.1. The van der Waals surface area contributed by atoms with Crippen LogP contribution in [-0.4, -0.2) is 91.6 Å². The largest absolute Gasteiger partial charge is 0.481 e. The third kappa shape index (κ3) is 10.6. The van der Waals surface area contributed by atoms with E-state index < -0.39 is 58.6 Å². The summed E-state index contributed by atoms with van der Waals surface area (Å²) in [5, 5.41) is 46.7. The van der Waals surface area contributed by atoms with Crippen LogP contribution in [0.2, 0.25) is 0 Å². The van der Waals surface area contributed by atoms with Crippen LogP contribution < -0.4 is 15.5 Å². The van der Waals surface area contributed by atoms with Gasteiger partial charge in [0.05, 0.1) is 11.8 Å². The van der Waals surface area contributed by atoms with Crippen LogP contribution in [0.3, 0.4) is 0 Å². The maximum atomic E-state index is 13.1. The van der Waals surface area contributed by atoms with Crippen molar-refractivity contribution in [2.24, 2.45) is 0 Å². The zero-order valence-corrected chi connectivity index (χ0v) is 37.8. The Morgan fingerprint density at radius 2 is 1.21 bits per heavy atom. The number of rotatable bonds is 20. The standard InChI is InChI=1S/C52H56N4O10/c1-32(12-10-18-41-51(2,3)47-35-16-8-6-14-33(35)20-24-39(47)55(41)30-28-43(57)53-37(49(63)64)22-26-45(59)60)13-11-19-42-52(4,5)48-36-17-9-7-15-34(36)21-25-40(48)56(42)31-29-44(58)54-38(50(65)66)23-27-46(61)62/h6-21,24-25,37-38H,22-23,26-31H2,1-5H3,(H5-,53,54,57,58,59,60,61,62,63,64,65,66)/p+1. The molecule has 6 rings (SSSR count). The van der Waals surface area contributed by atoms with Crippen molar-refractivity contribution in [2.75, 3.05) is 18.0 Å². The molecule has 66 heavy (non-hydrogen) atoms. The normalized spacial score (nSPS) is 16.8. The second-order valence-corrected chi connectivity index (χ2v) is 17.8. The molecule has 14 heteroatoms. The van der Waals surface area contributed by atoms with Gasteiger partial charge in [-0.25, -0.2) is 9.59 Å². The van der Waals surface area contributed by atoms with E-state index in [4.69, 9.17) is 10.2 Å². The lowest BCUT2D eigenvalue weighted by Crippen LogP contribution is -2.42. The second-order valence-electron chi connectivity index (χ2n) is 17.8. The van der Waals surface area contributed by atoms with E-state index in [0.717, 1.165) is 61.0 Å². The van der Waals surface area contributed by atoms with Gasteiger partial charge < -0.3 is 36.0 Å².